The number of anilines is 2. The molecule has 0 N–H and O–H groups in total. The lowest BCUT2D eigenvalue weighted by atomic mass is 10.0. The number of fused-ring (bicyclic) bond motifs is 2. The Morgan fingerprint density at radius 3 is 1.68 bits per heavy atom. The molecule has 0 amide bonds. The van der Waals surface area contributed by atoms with Crippen LogP contribution in [0.5, 0.6) is 0 Å². The second-order valence-electron chi connectivity index (χ2n) is 4.78. The van der Waals surface area contributed by atoms with Crippen molar-refractivity contribution < 1.29 is 8.42 Å². The zero-order valence-electron chi connectivity index (χ0n) is 10.7. The van der Waals surface area contributed by atoms with Crippen LogP contribution in [0.3, 0.4) is 0 Å². The average Bonchev–Trinajstić information content (AvgIpc) is 2.54. The first-order chi connectivity index (χ1) is 9.07. The highest BCUT2D eigenvalue weighted by Crippen LogP contribution is 2.37. The van der Waals surface area contributed by atoms with E-state index in [1.165, 1.54) is 10.6 Å². The topological polar surface area (TPSA) is 37.4 Å². The second-order valence-corrected chi connectivity index (χ2v) is 6.62. The summed E-state index contributed by atoms with van der Waals surface area (Å²) in [7, 11) is -3.34. The molecule has 1 aliphatic rings. The average molecular weight is 273 g/mol. The minimum Gasteiger partial charge on any atom is -0.238 e. The summed E-state index contributed by atoms with van der Waals surface area (Å²) in [6.07, 6.45) is 2.98. The fourth-order valence-electron chi connectivity index (χ4n) is 2.60. The Morgan fingerprint density at radius 1 is 0.842 bits per heavy atom. The van der Waals surface area contributed by atoms with E-state index in [9.17, 15) is 8.42 Å². The molecule has 0 fully saturated rings. The van der Waals surface area contributed by atoms with Crippen LogP contribution in [-0.4, -0.2) is 14.7 Å². The van der Waals surface area contributed by atoms with Crippen molar-refractivity contribution in [3.8, 4) is 0 Å². The highest BCUT2D eigenvalue weighted by Gasteiger charge is 2.26. The first-order valence-corrected chi connectivity index (χ1v) is 8.08. The Kier molecular flexibility index (Phi) is 2.82. The van der Waals surface area contributed by atoms with Gasteiger partial charge in [-0.05, 0) is 36.1 Å². The molecule has 0 saturated carbocycles. The molecule has 1 heterocycles. The number of sulfonamides is 1. The van der Waals surface area contributed by atoms with E-state index in [-0.39, 0.29) is 0 Å². The largest absolute Gasteiger partial charge is 0.238 e. The van der Waals surface area contributed by atoms with Gasteiger partial charge in [-0.2, -0.15) is 0 Å². The van der Waals surface area contributed by atoms with Crippen LogP contribution in [0.4, 0.5) is 11.4 Å². The molecule has 3 nitrogen and oxygen atoms in total. The number of aryl methyl sites for hydroxylation is 2. The summed E-state index contributed by atoms with van der Waals surface area (Å²) in [5.74, 6) is 0. The van der Waals surface area contributed by atoms with Crippen molar-refractivity contribution in [1.82, 2.24) is 0 Å². The van der Waals surface area contributed by atoms with Crippen LogP contribution in [0, 0.1) is 0 Å². The molecule has 4 heteroatoms. The minimum absolute atomic E-state index is 0.773. The zero-order chi connectivity index (χ0) is 13.5. The van der Waals surface area contributed by atoms with E-state index in [1.54, 1.807) is 0 Å². The van der Waals surface area contributed by atoms with Crippen LogP contribution in [0.25, 0.3) is 0 Å². The van der Waals surface area contributed by atoms with Gasteiger partial charge in [0, 0.05) is 0 Å². The van der Waals surface area contributed by atoms with Crippen molar-refractivity contribution in [3.05, 3.63) is 59.7 Å². The van der Waals surface area contributed by atoms with Crippen molar-refractivity contribution in [2.45, 2.75) is 12.8 Å². The fraction of sp³-hybridized carbons (Fsp3) is 0.200. The zero-order valence-corrected chi connectivity index (χ0v) is 11.5. The molecule has 19 heavy (non-hydrogen) atoms. The molecule has 2 aromatic carbocycles. The number of hydrogen-bond donors (Lipinski definition) is 0. The Balaban J connectivity index is 2.32. The molecular weight excluding hydrogens is 258 g/mol. The predicted octanol–water partition coefficient (Wildman–Crippen LogP) is 2.88. The van der Waals surface area contributed by atoms with Gasteiger partial charge in [0.1, 0.15) is 0 Å². The molecule has 0 aliphatic carbocycles. The molecule has 0 atom stereocenters. The Morgan fingerprint density at radius 2 is 1.26 bits per heavy atom. The lowest BCUT2D eigenvalue weighted by molar-refractivity contribution is 0.602. The summed E-state index contributed by atoms with van der Waals surface area (Å²) in [6.45, 7) is 0. The maximum Gasteiger partial charge on any atom is 0.236 e. The van der Waals surface area contributed by atoms with E-state index in [0.717, 1.165) is 35.3 Å². The molecule has 0 bridgehead atoms. The molecule has 0 saturated heterocycles. The molecule has 2 aromatic rings. The molecule has 0 spiro atoms. The van der Waals surface area contributed by atoms with Crippen LogP contribution in [0.1, 0.15) is 11.1 Å². The van der Waals surface area contributed by atoms with Gasteiger partial charge in [0.2, 0.25) is 10.0 Å². The quantitative estimate of drug-likeness (QED) is 0.801. The molecule has 3 rings (SSSR count). The highest BCUT2D eigenvalue weighted by atomic mass is 32.2. The van der Waals surface area contributed by atoms with Crippen LogP contribution in [-0.2, 0) is 22.9 Å². The van der Waals surface area contributed by atoms with Gasteiger partial charge in [0.05, 0.1) is 17.6 Å². The SMILES string of the molecule is CS(=O)(=O)N1c2ccccc2CCc2ccccc21. The van der Waals surface area contributed by atoms with Crippen LogP contribution in [0.2, 0.25) is 0 Å². The smallest absolute Gasteiger partial charge is 0.236 e. The van der Waals surface area contributed by atoms with E-state index in [2.05, 4.69) is 0 Å². The first kappa shape index (κ1) is 12.2. The second kappa shape index (κ2) is 4.38. The van der Waals surface area contributed by atoms with Crippen LogP contribution in [0.15, 0.2) is 48.5 Å². The Bertz CT molecular complexity index is 675. The number of hydrogen-bond acceptors (Lipinski definition) is 2. The Labute approximate surface area is 113 Å². The van der Waals surface area contributed by atoms with Crippen molar-refractivity contribution >= 4 is 21.4 Å². The molecule has 98 valence electrons. The lowest BCUT2D eigenvalue weighted by Crippen LogP contribution is -2.25. The predicted molar refractivity (Wildman–Crippen MR) is 77.3 cm³/mol. The molecule has 0 unspecified atom stereocenters. The van der Waals surface area contributed by atoms with Crippen molar-refractivity contribution in [2.75, 3.05) is 10.6 Å². The molecular formula is C15H15NO2S. The van der Waals surface area contributed by atoms with Gasteiger partial charge in [-0.1, -0.05) is 36.4 Å². The first-order valence-electron chi connectivity index (χ1n) is 6.23. The monoisotopic (exact) mass is 273 g/mol. The Hall–Kier alpha value is -1.81. The van der Waals surface area contributed by atoms with Gasteiger partial charge in [-0.3, -0.25) is 0 Å². The molecule has 1 aliphatic heterocycles. The van der Waals surface area contributed by atoms with Gasteiger partial charge >= 0.3 is 0 Å². The highest BCUT2D eigenvalue weighted by molar-refractivity contribution is 7.92. The van der Waals surface area contributed by atoms with Crippen molar-refractivity contribution in [3.63, 3.8) is 0 Å². The molecule has 0 aromatic heterocycles. The summed E-state index contributed by atoms with van der Waals surface area (Å²) in [5.41, 5.74) is 3.69. The summed E-state index contributed by atoms with van der Waals surface area (Å²) in [5, 5.41) is 0. The van der Waals surface area contributed by atoms with Gasteiger partial charge in [-0.25, -0.2) is 12.7 Å². The lowest BCUT2D eigenvalue weighted by Gasteiger charge is -2.24. The van der Waals surface area contributed by atoms with E-state index in [4.69, 9.17) is 0 Å². The van der Waals surface area contributed by atoms with Crippen molar-refractivity contribution in [1.29, 1.82) is 0 Å². The van der Waals surface area contributed by atoms with E-state index < -0.39 is 10.0 Å². The third-order valence-corrected chi connectivity index (χ3v) is 4.47. The summed E-state index contributed by atoms with van der Waals surface area (Å²) in [4.78, 5) is 0. The van der Waals surface area contributed by atoms with Gasteiger partial charge in [0.25, 0.3) is 0 Å². The number of nitrogens with zero attached hydrogens (tertiary/aromatic N) is 1. The maximum atomic E-state index is 12.2. The van der Waals surface area contributed by atoms with Crippen LogP contribution < -0.4 is 4.31 Å². The number of para-hydroxylation sites is 2. The number of benzene rings is 2. The summed E-state index contributed by atoms with van der Waals surface area (Å²) >= 11 is 0. The third kappa shape index (κ3) is 2.12. The van der Waals surface area contributed by atoms with Crippen LogP contribution >= 0.6 is 0 Å². The van der Waals surface area contributed by atoms with E-state index >= 15 is 0 Å². The van der Waals surface area contributed by atoms with Crippen molar-refractivity contribution in [2.24, 2.45) is 0 Å². The van der Waals surface area contributed by atoms with E-state index in [1.807, 2.05) is 48.5 Å². The normalized spacial score (nSPS) is 14.5. The summed E-state index contributed by atoms with van der Waals surface area (Å²) in [6, 6.07) is 15.4. The number of rotatable bonds is 1. The van der Waals surface area contributed by atoms with Gasteiger partial charge in [0.15, 0.2) is 0 Å². The summed E-state index contributed by atoms with van der Waals surface area (Å²) < 4.78 is 25.8. The standard InChI is InChI=1S/C15H15NO2S/c1-19(17,18)16-14-8-4-2-6-12(14)10-11-13-7-3-5-9-15(13)16/h2-9H,10-11H2,1H3. The van der Waals surface area contributed by atoms with E-state index in [0.29, 0.717) is 0 Å². The maximum absolute atomic E-state index is 12.2. The fourth-order valence-corrected chi connectivity index (χ4v) is 3.67. The minimum atomic E-state index is -3.34. The van der Waals surface area contributed by atoms with Gasteiger partial charge in [-0.15, -0.1) is 0 Å². The molecule has 0 radical (unpaired) electrons. The van der Waals surface area contributed by atoms with Gasteiger partial charge < -0.3 is 0 Å². The third-order valence-electron chi connectivity index (χ3n) is 3.42.